The average Bonchev–Trinajstić information content (AvgIpc) is 3.26. The van der Waals surface area contributed by atoms with E-state index < -0.39 is 22.8 Å². The maximum Gasteiger partial charge on any atom is 0.291 e. The van der Waals surface area contributed by atoms with E-state index in [-0.39, 0.29) is 35.4 Å². The predicted molar refractivity (Wildman–Crippen MR) is 139 cm³/mol. The van der Waals surface area contributed by atoms with Gasteiger partial charge in [-0.1, -0.05) is 59.6 Å². The second-order valence-corrected chi connectivity index (χ2v) is 9.60. The minimum absolute atomic E-state index is 0.000160. The molecule has 0 bridgehead atoms. The lowest BCUT2D eigenvalue weighted by Gasteiger charge is -2.33. The molecule has 1 aromatic heterocycles. The Morgan fingerprint density at radius 3 is 2.42 bits per heavy atom. The summed E-state index contributed by atoms with van der Waals surface area (Å²) in [4.78, 5) is 45.1. The van der Waals surface area contributed by atoms with Crippen LogP contribution in [0.25, 0.3) is 11.0 Å². The maximum atomic E-state index is 14.5. The summed E-state index contributed by atoms with van der Waals surface area (Å²) in [6, 6.07) is 19.0. The standard InChI is InChI=1S/C28H18Cl2N2O4/c1-2-13-32-26(34)25-23(24(33)19-14-18(30)11-12-22(19)36-25)28(32)20-5-3-4-6-21(20)31(27(28)35)15-16-7-9-17(29)10-8-16/h2-12,14H,1,13,15H2. The molecule has 2 aliphatic heterocycles. The molecule has 1 unspecified atom stereocenters. The van der Waals surface area contributed by atoms with Crippen LogP contribution in [0, 0.1) is 0 Å². The van der Waals surface area contributed by atoms with Gasteiger partial charge in [0.2, 0.25) is 5.76 Å². The first-order valence-electron chi connectivity index (χ1n) is 11.2. The molecule has 3 heterocycles. The van der Waals surface area contributed by atoms with Crippen molar-refractivity contribution in [3.8, 4) is 0 Å². The third-order valence-corrected chi connectivity index (χ3v) is 7.25. The maximum absolute atomic E-state index is 14.5. The number of amides is 2. The van der Waals surface area contributed by atoms with E-state index in [4.69, 9.17) is 27.6 Å². The van der Waals surface area contributed by atoms with E-state index in [1.54, 1.807) is 41.3 Å². The zero-order chi connectivity index (χ0) is 25.2. The second kappa shape index (κ2) is 8.08. The minimum Gasteiger partial charge on any atom is -0.450 e. The number of carbonyl (C=O) groups excluding carboxylic acids is 2. The van der Waals surface area contributed by atoms with Crippen molar-refractivity contribution >= 4 is 51.7 Å². The molecule has 0 radical (unpaired) electrons. The van der Waals surface area contributed by atoms with Gasteiger partial charge in [0.25, 0.3) is 11.8 Å². The van der Waals surface area contributed by atoms with Gasteiger partial charge in [0.1, 0.15) is 5.58 Å². The zero-order valence-electron chi connectivity index (χ0n) is 18.8. The average molecular weight is 517 g/mol. The van der Waals surface area contributed by atoms with E-state index in [1.165, 1.54) is 17.0 Å². The first kappa shape index (κ1) is 22.6. The van der Waals surface area contributed by atoms with E-state index >= 15 is 0 Å². The van der Waals surface area contributed by atoms with Crippen LogP contribution < -0.4 is 10.3 Å². The molecular weight excluding hydrogens is 499 g/mol. The van der Waals surface area contributed by atoms with Gasteiger partial charge in [-0.3, -0.25) is 14.4 Å². The molecule has 0 aliphatic carbocycles. The van der Waals surface area contributed by atoms with Gasteiger partial charge < -0.3 is 14.2 Å². The number of hydrogen-bond acceptors (Lipinski definition) is 4. The molecule has 0 N–H and O–H groups in total. The molecule has 8 heteroatoms. The van der Waals surface area contributed by atoms with Crippen LogP contribution in [0.15, 0.2) is 88.6 Å². The van der Waals surface area contributed by atoms with Gasteiger partial charge in [-0.25, -0.2) is 0 Å². The van der Waals surface area contributed by atoms with Crippen LogP contribution in [0.4, 0.5) is 5.69 Å². The highest BCUT2D eigenvalue weighted by molar-refractivity contribution is 6.31. The van der Waals surface area contributed by atoms with Gasteiger partial charge >= 0.3 is 0 Å². The van der Waals surface area contributed by atoms with Crippen LogP contribution in [-0.4, -0.2) is 23.3 Å². The fourth-order valence-electron chi connectivity index (χ4n) is 5.27. The van der Waals surface area contributed by atoms with Crippen LogP contribution in [0.3, 0.4) is 0 Å². The van der Waals surface area contributed by atoms with Gasteiger partial charge in [0.05, 0.1) is 23.2 Å². The normalized spacial score (nSPS) is 18.3. The molecule has 6 nitrogen and oxygen atoms in total. The van der Waals surface area contributed by atoms with Crippen molar-refractivity contribution in [3.05, 3.63) is 122 Å². The van der Waals surface area contributed by atoms with E-state index in [9.17, 15) is 14.4 Å². The molecule has 0 saturated heterocycles. The fraction of sp³-hybridized carbons (Fsp3) is 0.107. The Morgan fingerprint density at radius 2 is 1.67 bits per heavy atom. The largest absolute Gasteiger partial charge is 0.450 e. The van der Waals surface area contributed by atoms with E-state index in [1.807, 2.05) is 24.3 Å². The predicted octanol–water partition coefficient (Wildman–Crippen LogP) is 5.53. The molecule has 1 atom stereocenters. The second-order valence-electron chi connectivity index (χ2n) is 8.73. The van der Waals surface area contributed by atoms with Crippen LogP contribution >= 0.6 is 23.2 Å². The van der Waals surface area contributed by atoms with Crippen molar-refractivity contribution in [1.29, 1.82) is 0 Å². The lowest BCUT2D eigenvalue weighted by Crippen LogP contribution is -2.53. The number of fused-ring (bicyclic) bond motifs is 5. The summed E-state index contributed by atoms with van der Waals surface area (Å²) in [5.41, 5.74) is 0.0519. The highest BCUT2D eigenvalue weighted by Gasteiger charge is 2.64. The summed E-state index contributed by atoms with van der Waals surface area (Å²) in [5.74, 6) is -1.11. The number of benzene rings is 3. The molecular formula is C28H18Cl2N2O4. The van der Waals surface area contributed by atoms with E-state index in [0.717, 1.165) is 5.56 Å². The number of carbonyl (C=O) groups is 2. The molecule has 178 valence electrons. The number of halogens is 2. The van der Waals surface area contributed by atoms with Crippen molar-refractivity contribution in [3.63, 3.8) is 0 Å². The first-order valence-corrected chi connectivity index (χ1v) is 12.0. The third kappa shape index (κ3) is 2.95. The van der Waals surface area contributed by atoms with Crippen molar-refractivity contribution in [1.82, 2.24) is 4.90 Å². The SMILES string of the molecule is C=CCN1C(=O)c2oc3ccc(Cl)cc3c(=O)c2C12C(=O)N(Cc1ccc(Cl)cc1)c1ccccc12. The van der Waals surface area contributed by atoms with Crippen LogP contribution in [0.1, 0.15) is 27.2 Å². The highest BCUT2D eigenvalue weighted by atomic mass is 35.5. The van der Waals surface area contributed by atoms with E-state index in [0.29, 0.717) is 21.3 Å². The molecule has 36 heavy (non-hydrogen) atoms. The van der Waals surface area contributed by atoms with Gasteiger partial charge in [0, 0.05) is 22.2 Å². The lowest BCUT2D eigenvalue weighted by molar-refractivity contribution is -0.126. The van der Waals surface area contributed by atoms with Gasteiger partial charge in [-0.05, 0) is 42.0 Å². The molecule has 3 aromatic carbocycles. The molecule has 4 aromatic rings. The van der Waals surface area contributed by atoms with E-state index in [2.05, 4.69) is 6.58 Å². The Hall–Kier alpha value is -3.87. The van der Waals surface area contributed by atoms with Crippen molar-refractivity contribution in [2.24, 2.45) is 0 Å². The zero-order valence-corrected chi connectivity index (χ0v) is 20.3. The molecule has 0 saturated carbocycles. The topological polar surface area (TPSA) is 70.8 Å². The molecule has 0 fully saturated rings. The number of anilines is 1. The Balaban J connectivity index is 1.66. The van der Waals surface area contributed by atoms with Gasteiger partial charge in [-0.15, -0.1) is 6.58 Å². The van der Waals surface area contributed by atoms with Gasteiger partial charge in [0.15, 0.2) is 11.0 Å². The molecule has 2 aliphatic rings. The van der Waals surface area contributed by atoms with Crippen molar-refractivity contribution in [2.45, 2.75) is 12.1 Å². The van der Waals surface area contributed by atoms with Crippen LogP contribution in [0.2, 0.25) is 10.0 Å². The van der Waals surface area contributed by atoms with Crippen LogP contribution in [-0.2, 0) is 16.9 Å². The first-order chi connectivity index (χ1) is 17.4. The number of para-hydroxylation sites is 1. The van der Waals surface area contributed by atoms with Crippen LogP contribution in [0.5, 0.6) is 0 Å². The Morgan fingerprint density at radius 1 is 0.944 bits per heavy atom. The van der Waals surface area contributed by atoms with Gasteiger partial charge in [-0.2, -0.15) is 0 Å². The highest BCUT2D eigenvalue weighted by Crippen LogP contribution is 2.52. The summed E-state index contributed by atoms with van der Waals surface area (Å²) < 4.78 is 5.98. The fourth-order valence-corrected chi connectivity index (χ4v) is 5.57. The summed E-state index contributed by atoms with van der Waals surface area (Å²) in [7, 11) is 0. The summed E-state index contributed by atoms with van der Waals surface area (Å²) in [6.07, 6.45) is 1.53. The minimum atomic E-state index is -1.69. The molecule has 2 amide bonds. The van der Waals surface area contributed by atoms with Crippen molar-refractivity contribution in [2.75, 3.05) is 11.4 Å². The summed E-state index contributed by atoms with van der Waals surface area (Å²) >= 11 is 12.2. The Labute approximate surface area is 215 Å². The summed E-state index contributed by atoms with van der Waals surface area (Å²) in [6.45, 7) is 4.05. The quantitative estimate of drug-likeness (QED) is 0.334. The number of nitrogens with zero attached hydrogens (tertiary/aromatic N) is 2. The summed E-state index contributed by atoms with van der Waals surface area (Å²) in [5, 5.41) is 1.13. The monoisotopic (exact) mass is 516 g/mol. The number of rotatable bonds is 4. The third-order valence-electron chi connectivity index (χ3n) is 6.76. The molecule has 6 rings (SSSR count). The number of hydrogen-bond donors (Lipinski definition) is 0. The Bertz CT molecular complexity index is 1660. The molecule has 1 spiro atoms. The Kier molecular flexibility index (Phi) is 5.07. The lowest BCUT2D eigenvalue weighted by atomic mass is 9.84. The smallest absolute Gasteiger partial charge is 0.291 e. The van der Waals surface area contributed by atoms with Crippen molar-refractivity contribution < 1.29 is 14.0 Å².